The van der Waals surface area contributed by atoms with Crippen LogP contribution in [0.1, 0.15) is 18.4 Å². The third kappa shape index (κ3) is 2.43. The van der Waals surface area contributed by atoms with E-state index in [-0.39, 0.29) is 5.91 Å². The van der Waals surface area contributed by atoms with Crippen molar-refractivity contribution < 1.29 is 13.9 Å². The number of carbonyl (C=O) groups is 1. The lowest BCUT2D eigenvalue weighted by atomic mass is 9.95. The minimum Gasteiger partial charge on any atom is -0.464 e. The molecule has 0 saturated carbocycles. The highest BCUT2D eigenvalue weighted by atomic mass is 16.5. The lowest BCUT2D eigenvalue weighted by molar-refractivity contribution is -0.132. The van der Waals surface area contributed by atoms with Crippen molar-refractivity contribution in [2.24, 2.45) is 5.73 Å². The van der Waals surface area contributed by atoms with Crippen LogP contribution in [0.5, 0.6) is 0 Å². The summed E-state index contributed by atoms with van der Waals surface area (Å²) in [7, 11) is 1.61. The van der Waals surface area contributed by atoms with Gasteiger partial charge in [0.2, 0.25) is 5.91 Å². The predicted molar refractivity (Wildman–Crippen MR) is 79.7 cm³/mol. The fourth-order valence-electron chi connectivity index (χ4n) is 3.25. The zero-order chi connectivity index (χ0) is 14.9. The number of methoxy groups -OCH3 is 1. The highest BCUT2D eigenvalue weighted by Gasteiger charge is 2.46. The van der Waals surface area contributed by atoms with Gasteiger partial charge in [0.15, 0.2) is 0 Å². The average molecular weight is 288 g/mol. The number of furan rings is 1. The molecule has 3 rings (SSSR count). The van der Waals surface area contributed by atoms with Crippen LogP contribution in [0.4, 0.5) is 0 Å². The highest BCUT2D eigenvalue weighted by Crippen LogP contribution is 2.31. The summed E-state index contributed by atoms with van der Waals surface area (Å²) in [6.45, 7) is 1.89. The van der Waals surface area contributed by atoms with E-state index in [1.807, 2.05) is 18.2 Å². The van der Waals surface area contributed by atoms with Gasteiger partial charge in [-0.2, -0.15) is 0 Å². The molecule has 1 aliphatic heterocycles. The number of carbonyl (C=O) groups excluding carboxylic acids is 1. The number of hydrogen-bond acceptors (Lipinski definition) is 4. The van der Waals surface area contributed by atoms with E-state index in [2.05, 4.69) is 11.0 Å². The van der Waals surface area contributed by atoms with E-state index >= 15 is 0 Å². The lowest BCUT2D eigenvalue weighted by Crippen LogP contribution is -2.56. The number of likely N-dealkylation sites (tertiary alicyclic amines) is 1. The van der Waals surface area contributed by atoms with Gasteiger partial charge in [-0.15, -0.1) is 0 Å². The Bertz CT molecular complexity index is 652. The van der Waals surface area contributed by atoms with Crippen molar-refractivity contribution in [3.63, 3.8) is 0 Å². The van der Waals surface area contributed by atoms with Crippen LogP contribution in [0.15, 0.2) is 34.9 Å². The van der Waals surface area contributed by atoms with E-state index in [1.165, 1.54) is 0 Å². The molecule has 5 nitrogen and oxygen atoms in total. The summed E-state index contributed by atoms with van der Waals surface area (Å²) >= 11 is 0. The number of primary amides is 1. The maximum atomic E-state index is 12.0. The van der Waals surface area contributed by atoms with E-state index in [1.54, 1.807) is 13.4 Å². The third-order valence-corrected chi connectivity index (χ3v) is 4.36. The first-order valence-corrected chi connectivity index (χ1v) is 7.16. The van der Waals surface area contributed by atoms with Crippen LogP contribution in [0.3, 0.4) is 0 Å². The first-order valence-electron chi connectivity index (χ1n) is 7.16. The molecular weight excluding hydrogens is 268 g/mol. The van der Waals surface area contributed by atoms with Gasteiger partial charge in [-0.25, -0.2) is 0 Å². The van der Waals surface area contributed by atoms with E-state index in [4.69, 9.17) is 14.9 Å². The molecule has 0 bridgehead atoms. The molecular formula is C16H20N2O3. The molecule has 1 aromatic carbocycles. The van der Waals surface area contributed by atoms with Crippen LogP contribution in [0, 0.1) is 0 Å². The molecule has 21 heavy (non-hydrogen) atoms. The first kappa shape index (κ1) is 14.1. The molecule has 1 unspecified atom stereocenters. The Morgan fingerprint density at radius 3 is 3.10 bits per heavy atom. The van der Waals surface area contributed by atoms with Crippen molar-refractivity contribution >= 4 is 16.9 Å². The maximum absolute atomic E-state index is 12.0. The quantitative estimate of drug-likeness (QED) is 0.912. The molecule has 1 atom stereocenters. The summed E-state index contributed by atoms with van der Waals surface area (Å²) in [5, 5.41) is 1.07. The van der Waals surface area contributed by atoms with Crippen molar-refractivity contribution in [1.29, 1.82) is 0 Å². The smallest absolute Gasteiger partial charge is 0.240 e. The Morgan fingerprint density at radius 2 is 2.33 bits per heavy atom. The fraction of sp³-hybridized carbons (Fsp3) is 0.438. The summed E-state index contributed by atoms with van der Waals surface area (Å²) in [5.74, 6) is -0.300. The lowest BCUT2D eigenvalue weighted by Gasteiger charge is -2.35. The molecule has 0 aliphatic carbocycles. The van der Waals surface area contributed by atoms with Gasteiger partial charge in [-0.1, -0.05) is 6.07 Å². The van der Waals surface area contributed by atoms with E-state index < -0.39 is 5.54 Å². The second-order valence-corrected chi connectivity index (χ2v) is 5.65. The van der Waals surface area contributed by atoms with Crippen molar-refractivity contribution in [3.05, 3.63) is 36.1 Å². The molecule has 1 amide bonds. The number of nitrogens with zero attached hydrogens (tertiary/aromatic N) is 1. The zero-order valence-electron chi connectivity index (χ0n) is 12.2. The molecule has 1 saturated heterocycles. The number of rotatable bonds is 5. The SMILES string of the molecule is COCC1(C(N)=O)CCCN1Cc1ccc2occc2c1. The largest absolute Gasteiger partial charge is 0.464 e. The van der Waals surface area contributed by atoms with Crippen LogP contribution in [0.25, 0.3) is 11.0 Å². The van der Waals surface area contributed by atoms with Crippen molar-refractivity contribution in [2.45, 2.75) is 24.9 Å². The van der Waals surface area contributed by atoms with Gasteiger partial charge in [0, 0.05) is 19.0 Å². The predicted octanol–water partition coefficient (Wildman–Crippen LogP) is 1.90. The molecule has 0 radical (unpaired) electrons. The summed E-state index contributed by atoms with van der Waals surface area (Å²) in [6, 6.07) is 8.03. The Hall–Kier alpha value is -1.85. The first-order chi connectivity index (χ1) is 10.2. The average Bonchev–Trinajstić information content (AvgIpc) is 3.07. The van der Waals surface area contributed by atoms with E-state index in [0.29, 0.717) is 13.2 Å². The van der Waals surface area contributed by atoms with Crippen LogP contribution in [0.2, 0.25) is 0 Å². The van der Waals surface area contributed by atoms with Crippen LogP contribution in [-0.2, 0) is 16.1 Å². The minimum atomic E-state index is -0.680. The van der Waals surface area contributed by atoms with Crippen LogP contribution in [-0.4, -0.2) is 36.6 Å². The molecule has 2 heterocycles. The number of nitrogens with two attached hydrogens (primary N) is 1. The number of amides is 1. The summed E-state index contributed by atoms with van der Waals surface area (Å²) < 4.78 is 10.6. The normalized spacial score (nSPS) is 22.9. The van der Waals surface area contributed by atoms with Gasteiger partial charge >= 0.3 is 0 Å². The molecule has 5 heteroatoms. The standard InChI is InChI=1S/C16H20N2O3/c1-20-11-16(15(17)19)6-2-7-18(16)10-12-3-4-14-13(9-12)5-8-21-14/h3-5,8-9H,2,6-7,10-11H2,1H3,(H2,17,19). The van der Waals surface area contributed by atoms with E-state index in [9.17, 15) is 4.79 Å². The Morgan fingerprint density at radius 1 is 1.48 bits per heavy atom. The molecule has 1 fully saturated rings. The second-order valence-electron chi connectivity index (χ2n) is 5.65. The summed E-state index contributed by atoms with van der Waals surface area (Å²) in [5.41, 5.74) is 7.00. The van der Waals surface area contributed by atoms with Crippen molar-refractivity contribution in [2.75, 3.05) is 20.3 Å². The third-order valence-electron chi connectivity index (χ3n) is 4.36. The van der Waals surface area contributed by atoms with Gasteiger partial charge in [-0.3, -0.25) is 9.69 Å². The van der Waals surface area contributed by atoms with Crippen LogP contribution < -0.4 is 5.73 Å². The Balaban J connectivity index is 1.86. The molecule has 2 N–H and O–H groups in total. The zero-order valence-corrected chi connectivity index (χ0v) is 12.2. The second kappa shape index (κ2) is 5.50. The number of fused-ring (bicyclic) bond motifs is 1. The minimum absolute atomic E-state index is 0.300. The summed E-state index contributed by atoms with van der Waals surface area (Å²) in [4.78, 5) is 14.1. The number of benzene rings is 1. The topological polar surface area (TPSA) is 68.7 Å². The van der Waals surface area contributed by atoms with Crippen molar-refractivity contribution in [3.8, 4) is 0 Å². The molecule has 2 aromatic rings. The number of ether oxygens (including phenoxy) is 1. The van der Waals surface area contributed by atoms with Gasteiger partial charge in [0.1, 0.15) is 11.1 Å². The monoisotopic (exact) mass is 288 g/mol. The van der Waals surface area contributed by atoms with Gasteiger partial charge in [0.05, 0.1) is 12.9 Å². The molecule has 0 spiro atoms. The number of hydrogen-bond donors (Lipinski definition) is 1. The Kier molecular flexibility index (Phi) is 3.69. The van der Waals surface area contributed by atoms with Crippen molar-refractivity contribution in [1.82, 2.24) is 4.90 Å². The molecule has 1 aromatic heterocycles. The summed E-state index contributed by atoms with van der Waals surface area (Å²) in [6.07, 6.45) is 3.40. The maximum Gasteiger partial charge on any atom is 0.240 e. The van der Waals surface area contributed by atoms with E-state index in [0.717, 1.165) is 35.9 Å². The Labute approximate surface area is 123 Å². The fourth-order valence-corrected chi connectivity index (χ4v) is 3.25. The molecule has 1 aliphatic rings. The van der Waals surface area contributed by atoms with Gasteiger partial charge in [0.25, 0.3) is 0 Å². The highest BCUT2D eigenvalue weighted by molar-refractivity contribution is 5.85. The molecule has 112 valence electrons. The van der Waals surface area contributed by atoms with Crippen LogP contribution >= 0.6 is 0 Å². The van der Waals surface area contributed by atoms with Gasteiger partial charge < -0.3 is 14.9 Å². The van der Waals surface area contributed by atoms with Gasteiger partial charge in [-0.05, 0) is 43.1 Å².